The molecule has 7 heteroatoms. The number of piperidine rings is 1. The molecule has 3 aliphatic rings. The molecule has 1 saturated carbocycles. The summed E-state index contributed by atoms with van der Waals surface area (Å²) in [6.45, 7) is 7.73. The van der Waals surface area contributed by atoms with Crippen molar-refractivity contribution in [1.82, 2.24) is 9.80 Å². The summed E-state index contributed by atoms with van der Waals surface area (Å²) in [5.41, 5.74) is 0.692. The van der Waals surface area contributed by atoms with Crippen molar-refractivity contribution in [2.75, 3.05) is 13.1 Å². The predicted octanol–water partition coefficient (Wildman–Crippen LogP) is 5.92. The molecule has 2 atom stereocenters. The van der Waals surface area contributed by atoms with Gasteiger partial charge in [0.1, 0.15) is 0 Å². The summed E-state index contributed by atoms with van der Waals surface area (Å²) in [5.74, 6) is 0.202. The van der Waals surface area contributed by atoms with E-state index in [1.54, 1.807) is 0 Å². The molecule has 35 heavy (non-hydrogen) atoms. The maximum atomic E-state index is 14.1. The van der Waals surface area contributed by atoms with Crippen molar-refractivity contribution in [1.29, 1.82) is 0 Å². The number of carbonyl (C=O) groups is 2. The summed E-state index contributed by atoms with van der Waals surface area (Å²) in [7, 11) is -1.63. The Bertz CT molecular complexity index is 861. The first-order valence-electron chi connectivity index (χ1n) is 13.9. The molecule has 3 fully saturated rings. The van der Waals surface area contributed by atoms with E-state index >= 15 is 0 Å². The van der Waals surface area contributed by atoms with Gasteiger partial charge in [0.05, 0.1) is 5.41 Å². The average Bonchev–Trinajstić information content (AvgIpc) is 3.13. The van der Waals surface area contributed by atoms with Gasteiger partial charge in [0, 0.05) is 31.3 Å². The second-order valence-corrected chi connectivity index (χ2v) is 15.9. The lowest BCUT2D eigenvalue weighted by molar-refractivity contribution is -0.142. The minimum atomic E-state index is -1.63. The lowest BCUT2D eigenvalue weighted by Crippen LogP contribution is -2.52. The summed E-state index contributed by atoms with van der Waals surface area (Å²) in [5, 5.41) is 9.66. The van der Waals surface area contributed by atoms with Crippen LogP contribution in [0.1, 0.15) is 71.3 Å². The molecule has 194 valence electrons. The van der Waals surface area contributed by atoms with Crippen LogP contribution >= 0.6 is 0 Å². The molecular formula is C28H44N2O4Si. The molecule has 1 spiro atoms. The fourth-order valence-corrected chi connectivity index (χ4v) is 9.97. The first-order valence-corrected chi connectivity index (χ1v) is 16.4. The van der Waals surface area contributed by atoms with E-state index in [1.165, 1.54) is 28.6 Å². The normalized spacial score (nSPS) is 29.7. The van der Waals surface area contributed by atoms with Gasteiger partial charge < -0.3 is 19.3 Å². The van der Waals surface area contributed by atoms with Gasteiger partial charge in [-0.15, -0.1) is 0 Å². The molecule has 2 saturated heterocycles. The van der Waals surface area contributed by atoms with E-state index in [0.29, 0.717) is 19.2 Å². The molecular weight excluding hydrogens is 456 g/mol. The van der Waals surface area contributed by atoms with Crippen LogP contribution in [0.25, 0.3) is 0 Å². The third-order valence-electron chi connectivity index (χ3n) is 9.26. The van der Waals surface area contributed by atoms with E-state index in [2.05, 4.69) is 49.9 Å². The number of carboxylic acid groups (broad SMARTS) is 1. The number of benzene rings is 1. The van der Waals surface area contributed by atoms with Gasteiger partial charge in [0.25, 0.3) is 0 Å². The van der Waals surface area contributed by atoms with Crippen molar-refractivity contribution in [2.45, 2.75) is 108 Å². The average molecular weight is 501 g/mol. The van der Waals surface area contributed by atoms with Crippen LogP contribution < -0.4 is 0 Å². The van der Waals surface area contributed by atoms with Gasteiger partial charge in [0.2, 0.25) is 5.91 Å². The maximum absolute atomic E-state index is 14.1. The van der Waals surface area contributed by atoms with Crippen molar-refractivity contribution in [2.24, 2.45) is 5.41 Å². The van der Waals surface area contributed by atoms with Crippen LogP contribution in [-0.4, -0.2) is 66.5 Å². The van der Waals surface area contributed by atoms with Crippen LogP contribution in [0.15, 0.2) is 30.3 Å². The molecule has 0 aromatic heterocycles. The Hall–Kier alpha value is -1.86. The molecule has 2 aliphatic heterocycles. The van der Waals surface area contributed by atoms with Gasteiger partial charge in [-0.1, -0.05) is 51.1 Å². The van der Waals surface area contributed by atoms with Crippen molar-refractivity contribution in [3.8, 4) is 0 Å². The predicted molar refractivity (Wildman–Crippen MR) is 141 cm³/mol. The van der Waals surface area contributed by atoms with Crippen molar-refractivity contribution < 1.29 is 19.1 Å². The highest BCUT2D eigenvalue weighted by Crippen LogP contribution is 2.46. The lowest BCUT2D eigenvalue weighted by atomic mass is 9.77. The first-order chi connectivity index (χ1) is 16.8. The summed E-state index contributed by atoms with van der Waals surface area (Å²) in [6, 6.07) is 14.3. The second kappa shape index (κ2) is 11.0. The number of rotatable bonds is 8. The highest BCUT2D eigenvalue weighted by atomic mass is 28.4. The molecule has 2 amide bonds. The lowest BCUT2D eigenvalue weighted by Gasteiger charge is -2.42. The fraction of sp³-hybridized carbons (Fsp3) is 0.714. The maximum Gasteiger partial charge on any atom is 0.407 e. The molecule has 1 aliphatic carbocycles. The van der Waals surface area contributed by atoms with Crippen LogP contribution in [0, 0.1) is 5.41 Å². The van der Waals surface area contributed by atoms with Gasteiger partial charge in [-0.2, -0.15) is 0 Å². The van der Waals surface area contributed by atoms with E-state index in [0.717, 1.165) is 51.4 Å². The van der Waals surface area contributed by atoms with Crippen LogP contribution in [-0.2, 0) is 15.6 Å². The molecule has 0 radical (unpaired) electrons. The molecule has 4 rings (SSSR count). The van der Waals surface area contributed by atoms with Crippen LogP contribution in [0.2, 0.25) is 18.1 Å². The van der Waals surface area contributed by atoms with Gasteiger partial charge >= 0.3 is 6.09 Å². The zero-order valence-corrected chi connectivity index (χ0v) is 22.9. The third-order valence-corrected chi connectivity index (χ3v) is 14.0. The largest absolute Gasteiger partial charge is 0.465 e. The van der Waals surface area contributed by atoms with E-state index < -0.39 is 19.8 Å². The number of likely N-dealkylation sites (tertiary alicyclic amines) is 2. The van der Waals surface area contributed by atoms with Crippen molar-refractivity contribution in [3.63, 3.8) is 0 Å². The molecule has 1 aromatic carbocycles. The topological polar surface area (TPSA) is 70.1 Å². The Morgan fingerprint density at radius 3 is 2.34 bits per heavy atom. The Labute approximate surface area is 212 Å². The Morgan fingerprint density at radius 2 is 1.74 bits per heavy atom. The number of nitrogens with zero attached hydrogens (tertiary/aromatic N) is 2. The molecule has 1 unspecified atom stereocenters. The van der Waals surface area contributed by atoms with E-state index in [4.69, 9.17) is 4.43 Å². The Morgan fingerprint density at radius 1 is 1.09 bits per heavy atom. The van der Waals surface area contributed by atoms with Crippen LogP contribution in [0.4, 0.5) is 4.79 Å². The minimum absolute atomic E-state index is 0.136. The van der Waals surface area contributed by atoms with Gasteiger partial charge in [-0.25, -0.2) is 4.79 Å². The second-order valence-electron chi connectivity index (χ2n) is 11.1. The van der Waals surface area contributed by atoms with Crippen LogP contribution in [0.3, 0.4) is 0 Å². The summed E-state index contributed by atoms with van der Waals surface area (Å²) in [4.78, 5) is 29.5. The first kappa shape index (κ1) is 26.2. The van der Waals surface area contributed by atoms with Gasteiger partial charge in [0.15, 0.2) is 8.32 Å². The standard InChI is InChI=1S/C28H44N2O4Si/c1-4-35(5-2,6-3)34-25-15-13-23(14-16-25)30-24(19-22-11-8-7-9-12-22)20-28(26(30)31)17-10-18-29(21-28)27(32)33/h7-9,11-12,23-25H,4-6,10,13-21H2,1-3H3,(H,32,33)/t23-,24?,25-,28-/m1/s1. The van der Waals surface area contributed by atoms with E-state index in [1.807, 2.05) is 6.07 Å². The minimum Gasteiger partial charge on any atom is -0.465 e. The quantitative estimate of drug-likeness (QED) is 0.450. The van der Waals surface area contributed by atoms with E-state index in [9.17, 15) is 14.7 Å². The Balaban J connectivity index is 1.51. The molecule has 6 nitrogen and oxygen atoms in total. The highest BCUT2D eigenvalue weighted by Gasteiger charge is 2.55. The van der Waals surface area contributed by atoms with Crippen molar-refractivity contribution in [3.05, 3.63) is 35.9 Å². The third kappa shape index (κ3) is 5.46. The van der Waals surface area contributed by atoms with E-state index in [-0.39, 0.29) is 18.0 Å². The molecule has 2 heterocycles. The summed E-state index contributed by atoms with van der Waals surface area (Å²) in [6.07, 6.45) is 6.62. The molecule has 0 bridgehead atoms. The smallest absolute Gasteiger partial charge is 0.407 e. The molecule has 1 N–H and O–H groups in total. The van der Waals surface area contributed by atoms with Crippen LogP contribution in [0.5, 0.6) is 0 Å². The van der Waals surface area contributed by atoms with Gasteiger partial charge in [-0.3, -0.25) is 4.79 Å². The summed E-state index contributed by atoms with van der Waals surface area (Å²) < 4.78 is 6.80. The highest BCUT2D eigenvalue weighted by molar-refractivity contribution is 6.73. The molecule has 1 aromatic rings. The number of hydrogen-bond acceptors (Lipinski definition) is 3. The Kier molecular flexibility index (Phi) is 8.26. The SMILES string of the molecule is CC[Si](CC)(CC)O[C@H]1CC[C@H](N2C(=O)[C@]3(CCCN(C(=O)O)C3)CC2Cc2ccccc2)CC1. The zero-order valence-electron chi connectivity index (χ0n) is 21.9. The number of carbonyl (C=O) groups excluding carboxylic acids is 1. The monoisotopic (exact) mass is 500 g/mol. The number of hydrogen-bond donors (Lipinski definition) is 1. The summed E-state index contributed by atoms with van der Waals surface area (Å²) >= 11 is 0. The fourth-order valence-electron chi connectivity index (χ4n) is 7.03. The zero-order chi connectivity index (χ0) is 25.1. The van der Waals surface area contributed by atoms with Gasteiger partial charge in [-0.05, 0) is 75.1 Å². The van der Waals surface area contributed by atoms with Crippen molar-refractivity contribution >= 4 is 20.3 Å². The number of amides is 2.